The van der Waals surface area contributed by atoms with Crippen LogP contribution in [0, 0.1) is 0 Å². The first-order valence-corrected chi connectivity index (χ1v) is 6.80. The highest BCUT2D eigenvalue weighted by Gasteiger charge is 2.32. The minimum atomic E-state index is -0.00912. The zero-order chi connectivity index (χ0) is 13.8. The number of nitrogens with zero attached hydrogens (tertiary/aromatic N) is 2. The second-order valence-electron chi connectivity index (χ2n) is 4.79. The average Bonchev–Trinajstić information content (AvgIpc) is 3.27. The third-order valence-corrected chi connectivity index (χ3v) is 3.33. The number of carbonyl (C=O) groups excluding carboxylic acids is 1. The van der Waals surface area contributed by atoms with Crippen LogP contribution in [-0.4, -0.2) is 47.1 Å². The van der Waals surface area contributed by atoms with Crippen LogP contribution in [0.4, 0.5) is 5.82 Å². The summed E-state index contributed by atoms with van der Waals surface area (Å²) in [5.41, 5.74) is 1.55. The number of aliphatic hydroxyl groups is 1. The molecule has 19 heavy (non-hydrogen) atoms. The van der Waals surface area contributed by atoms with Gasteiger partial charge in [0, 0.05) is 30.9 Å². The molecule has 1 amide bonds. The van der Waals surface area contributed by atoms with Crippen LogP contribution >= 0.6 is 0 Å². The van der Waals surface area contributed by atoms with E-state index in [9.17, 15) is 4.79 Å². The molecule has 0 unspecified atom stereocenters. The zero-order valence-electron chi connectivity index (χ0n) is 11.5. The van der Waals surface area contributed by atoms with Gasteiger partial charge in [-0.05, 0) is 31.4 Å². The molecule has 5 heteroatoms. The number of rotatable bonds is 6. The van der Waals surface area contributed by atoms with E-state index < -0.39 is 0 Å². The van der Waals surface area contributed by atoms with Gasteiger partial charge in [0.15, 0.2) is 0 Å². The molecule has 5 nitrogen and oxygen atoms in total. The first-order valence-electron chi connectivity index (χ1n) is 6.80. The smallest absolute Gasteiger partial charge is 0.254 e. The highest BCUT2D eigenvalue weighted by molar-refractivity contribution is 5.95. The Kier molecular flexibility index (Phi) is 4.37. The lowest BCUT2D eigenvalue weighted by Gasteiger charge is -2.21. The van der Waals surface area contributed by atoms with E-state index in [2.05, 4.69) is 10.3 Å². The number of aromatic nitrogens is 1. The first-order chi connectivity index (χ1) is 9.19. The maximum atomic E-state index is 12.5. The molecule has 1 aliphatic carbocycles. The van der Waals surface area contributed by atoms with Gasteiger partial charge in [-0.3, -0.25) is 4.79 Å². The number of amides is 1. The number of nitrogens with one attached hydrogen (secondary N) is 1. The SMILES string of the molecule is CCc1cc(C(=O)N(CCO)C2CC2)cc(NC)n1. The Balaban J connectivity index is 2.25. The van der Waals surface area contributed by atoms with Gasteiger partial charge in [-0.25, -0.2) is 4.98 Å². The highest BCUT2D eigenvalue weighted by Crippen LogP contribution is 2.28. The molecular weight excluding hydrogens is 242 g/mol. The van der Waals surface area contributed by atoms with Crippen molar-refractivity contribution in [3.05, 3.63) is 23.4 Å². The molecular formula is C14H21N3O2. The number of aryl methyl sites for hydroxylation is 1. The van der Waals surface area contributed by atoms with Crippen LogP contribution in [0.1, 0.15) is 35.8 Å². The van der Waals surface area contributed by atoms with E-state index in [4.69, 9.17) is 5.11 Å². The van der Waals surface area contributed by atoms with Gasteiger partial charge in [-0.2, -0.15) is 0 Å². The number of carbonyl (C=O) groups is 1. The van der Waals surface area contributed by atoms with Crippen LogP contribution in [0.15, 0.2) is 12.1 Å². The van der Waals surface area contributed by atoms with Gasteiger partial charge in [-0.1, -0.05) is 6.92 Å². The highest BCUT2D eigenvalue weighted by atomic mass is 16.3. The minimum absolute atomic E-state index is 0.00679. The van der Waals surface area contributed by atoms with E-state index in [0.717, 1.165) is 25.0 Å². The Hall–Kier alpha value is -1.62. The predicted molar refractivity (Wildman–Crippen MR) is 74.3 cm³/mol. The van der Waals surface area contributed by atoms with Crippen molar-refractivity contribution in [2.45, 2.75) is 32.2 Å². The summed E-state index contributed by atoms with van der Waals surface area (Å²) in [7, 11) is 1.79. The largest absolute Gasteiger partial charge is 0.395 e. The van der Waals surface area contributed by atoms with E-state index >= 15 is 0 Å². The Morgan fingerprint density at radius 2 is 2.26 bits per heavy atom. The maximum Gasteiger partial charge on any atom is 0.254 e. The summed E-state index contributed by atoms with van der Waals surface area (Å²) in [4.78, 5) is 18.7. The van der Waals surface area contributed by atoms with Gasteiger partial charge >= 0.3 is 0 Å². The zero-order valence-corrected chi connectivity index (χ0v) is 11.5. The summed E-state index contributed by atoms with van der Waals surface area (Å²) >= 11 is 0. The monoisotopic (exact) mass is 263 g/mol. The lowest BCUT2D eigenvalue weighted by molar-refractivity contribution is 0.0707. The number of hydrogen-bond donors (Lipinski definition) is 2. The molecule has 0 aromatic carbocycles. The Bertz CT molecular complexity index is 436. The fourth-order valence-electron chi connectivity index (χ4n) is 2.13. The first kappa shape index (κ1) is 13.8. The number of anilines is 1. The van der Waals surface area contributed by atoms with Crippen molar-refractivity contribution in [1.82, 2.24) is 9.88 Å². The van der Waals surface area contributed by atoms with Gasteiger partial charge < -0.3 is 15.3 Å². The fourth-order valence-corrected chi connectivity index (χ4v) is 2.13. The maximum absolute atomic E-state index is 12.5. The second kappa shape index (κ2) is 6.02. The van der Waals surface area contributed by atoms with E-state index in [1.54, 1.807) is 18.0 Å². The summed E-state index contributed by atoms with van der Waals surface area (Å²) in [5.74, 6) is 0.701. The molecule has 0 saturated heterocycles. The topological polar surface area (TPSA) is 65.5 Å². The van der Waals surface area contributed by atoms with Crippen LogP contribution in [0.2, 0.25) is 0 Å². The van der Waals surface area contributed by atoms with Crippen molar-refractivity contribution < 1.29 is 9.90 Å². The summed E-state index contributed by atoms with van der Waals surface area (Å²) in [6, 6.07) is 3.92. The molecule has 1 fully saturated rings. The molecule has 1 aromatic heterocycles. The second-order valence-corrected chi connectivity index (χ2v) is 4.79. The molecule has 0 atom stereocenters. The van der Waals surface area contributed by atoms with Crippen LogP contribution < -0.4 is 5.32 Å². The molecule has 0 aliphatic heterocycles. The summed E-state index contributed by atoms with van der Waals surface area (Å²) in [6.45, 7) is 2.43. The molecule has 0 spiro atoms. The quantitative estimate of drug-likeness (QED) is 0.811. The van der Waals surface area contributed by atoms with Crippen LogP contribution in [0.5, 0.6) is 0 Å². The van der Waals surface area contributed by atoms with Crippen molar-refractivity contribution in [2.75, 3.05) is 25.5 Å². The van der Waals surface area contributed by atoms with Crippen molar-refractivity contribution in [2.24, 2.45) is 0 Å². The van der Waals surface area contributed by atoms with Crippen molar-refractivity contribution in [3.63, 3.8) is 0 Å². The molecule has 2 N–H and O–H groups in total. The van der Waals surface area contributed by atoms with Crippen molar-refractivity contribution in [3.8, 4) is 0 Å². The molecule has 1 aromatic rings. The van der Waals surface area contributed by atoms with Crippen LogP contribution in [-0.2, 0) is 6.42 Å². The summed E-state index contributed by atoms with van der Waals surface area (Å²) < 4.78 is 0. The van der Waals surface area contributed by atoms with Crippen LogP contribution in [0.3, 0.4) is 0 Å². The molecule has 0 radical (unpaired) electrons. The van der Waals surface area contributed by atoms with Crippen LogP contribution in [0.25, 0.3) is 0 Å². The molecule has 1 aliphatic rings. The third kappa shape index (κ3) is 3.23. The van der Waals surface area contributed by atoms with Gasteiger partial charge in [0.2, 0.25) is 0 Å². The van der Waals surface area contributed by atoms with Crippen molar-refractivity contribution in [1.29, 1.82) is 0 Å². The Morgan fingerprint density at radius 3 is 2.79 bits per heavy atom. The summed E-state index contributed by atoms with van der Waals surface area (Å²) in [5, 5.41) is 12.1. The normalized spacial score (nSPS) is 14.3. The van der Waals surface area contributed by atoms with E-state index in [1.807, 2.05) is 13.0 Å². The van der Waals surface area contributed by atoms with Gasteiger partial charge in [0.25, 0.3) is 5.91 Å². The number of aliphatic hydroxyl groups excluding tert-OH is 1. The Labute approximate surface area is 113 Å². The van der Waals surface area contributed by atoms with Gasteiger partial charge in [0.1, 0.15) is 5.82 Å². The van der Waals surface area contributed by atoms with E-state index in [1.165, 1.54) is 0 Å². The van der Waals surface area contributed by atoms with E-state index in [-0.39, 0.29) is 12.5 Å². The fraction of sp³-hybridized carbons (Fsp3) is 0.571. The minimum Gasteiger partial charge on any atom is -0.395 e. The van der Waals surface area contributed by atoms with Gasteiger partial charge in [0.05, 0.1) is 6.61 Å². The standard InChI is InChI=1S/C14H21N3O2/c1-3-11-8-10(9-13(15-2)16-11)14(19)17(6-7-18)12-4-5-12/h8-9,12,18H,3-7H2,1-2H3,(H,15,16). The molecule has 0 bridgehead atoms. The number of hydrogen-bond acceptors (Lipinski definition) is 4. The molecule has 2 rings (SSSR count). The lowest BCUT2D eigenvalue weighted by atomic mass is 10.1. The average molecular weight is 263 g/mol. The predicted octanol–water partition coefficient (Wildman–Crippen LogP) is 1.28. The van der Waals surface area contributed by atoms with E-state index in [0.29, 0.717) is 24.0 Å². The van der Waals surface area contributed by atoms with Gasteiger partial charge in [-0.15, -0.1) is 0 Å². The molecule has 104 valence electrons. The van der Waals surface area contributed by atoms with Crippen molar-refractivity contribution >= 4 is 11.7 Å². The third-order valence-electron chi connectivity index (χ3n) is 3.33. The molecule has 1 saturated carbocycles. The number of pyridine rings is 1. The molecule has 1 heterocycles. The Morgan fingerprint density at radius 1 is 1.53 bits per heavy atom. The summed E-state index contributed by atoms with van der Waals surface area (Å²) in [6.07, 6.45) is 2.87. The lowest BCUT2D eigenvalue weighted by Crippen LogP contribution is -2.35.